The van der Waals surface area contributed by atoms with E-state index in [4.69, 9.17) is 5.11 Å². The van der Waals surface area contributed by atoms with Gasteiger partial charge < -0.3 is 10.2 Å². The van der Waals surface area contributed by atoms with Crippen LogP contribution in [-0.4, -0.2) is 21.8 Å². The zero-order valence-corrected chi connectivity index (χ0v) is 11.9. The lowest BCUT2D eigenvalue weighted by molar-refractivity contribution is -0.141. The van der Waals surface area contributed by atoms with E-state index in [2.05, 4.69) is 4.98 Å². The van der Waals surface area contributed by atoms with Crippen LogP contribution in [-0.2, 0) is 12.4 Å². The maximum atomic E-state index is 12.9. The SMILES string of the molecule is OC[C@H](O)c1cc(-c2ccc(C(F)(F)F)cc2)nc(C(F)(F)F)c1. The minimum atomic E-state index is -4.81. The van der Waals surface area contributed by atoms with E-state index in [1.54, 1.807) is 0 Å². The van der Waals surface area contributed by atoms with Gasteiger partial charge in [-0.2, -0.15) is 26.3 Å². The number of aliphatic hydroxyl groups is 2. The smallest absolute Gasteiger partial charge is 0.393 e. The van der Waals surface area contributed by atoms with Crippen LogP contribution in [0.2, 0.25) is 0 Å². The molecule has 1 aromatic carbocycles. The minimum Gasteiger partial charge on any atom is -0.393 e. The van der Waals surface area contributed by atoms with Gasteiger partial charge in [0.1, 0.15) is 11.8 Å². The van der Waals surface area contributed by atoms with Gasteiger partial charge in [-0.1, -0.05) is 12.1 Å². The molecule has 1 aromatic heterocycles. The molecule has 0 unspecified atom stereocenters. The summed E-state index contributed by atoms with van der Waals surface area (Å²) in [6.07, 6.45) is -11.0. The van der Waals surface area contributed by atoms with Crippen molar-refractivity contribution < 1.29 is 36.6 Å². The van der Waals surface area contributed by atoms with E-state index in [1.165, 1.54) is 0 Å². The normalized spacial score (nSPS) is 13.8. The van der Waals surface area contributed by atoms with Crippen molar-refractivity contribution in [2.24, 2.45) is 0 Å². The molecular formula is C15H11F6NO2. The van der Waals surface area contributed by atoms with Crippen molar-refractivity contribution >= 4 is 0 Å². The lowest BCUT2D eigenvalue weighted by Crippen LogP contribution is -2.12. The highest BCUT2D eigenvalue weighted by Gasteiger charge is 2.34. The first-order chi connectivity index (χ1) is 11.0. The summed E-state index contributed by atoms with van der Waals surface area (Å²) in [4.78, 5) is 3.38. The summed E-state index contributed by atoms with van der Waals surface area (Å²) in [5.74, 6) is 0. The summed E-state index contributed by atoms with van der Waals surface area (Å²) >= 11 is 0. The molecule has 1 atom stereocenters. The maximum absolute atomic E-state index is 12.9. The number of halogens is 6. The standard InChI is InChI=1S/C15H11F6NO2/c16-14(17,18)10-3-1-8(2-4-10)11-5-9(12(24)7-23)6-13(22-11)15(19,20)21/h1-6,12,23-24H,7H2/t12-/m0/s1. The van der Waals surface area contributed by atoms with E-state index in [0.29, 0.717) is 6.07 Å². The largest absolute Gasteiger partial charge is 0.433 e. The first-order valence-corrected chi connectivity index (χ1v) is 6.58. The Balaban J connectivity index is 2.53. The fraction of sp³-hybridized carbons (Fsp3) is 0.267. The average Bonchev–Trinajstić information content (AvgIpc) is 2.52. The lowest BCUT2D eigenvalue weighted by Gasteiger charge is -2.14. The zero-order valence-electron chi connectivity index (χ0n) is 11.9. The minimum absolute atomic E-state index is 0.0143. The molecule has 3 nitrogen and oxygen atoms in total. The summed E-state index contributed by atoms with van der Waals surface area (Å²) in [5, 5.41) is 18.4. The second-order valence-corrected chi connectivity index (χ2v) is 4.94. The summed E-state index contributed by atoms with van der Waals surface area (Å²) < 4.78 is 76.3. The molecule has 0 aliphatic carbocycles. The van der Waals surface area contributed by atoms with Crippen molar-refractivity contribution in [2.75, 3.05) is 6.61 Å². The maximum Gasteiger partial charge on any atom is 0.433 e. The quantitative estimate of drug-likeness (QED) is 0.827. The Bertz CT molecular complexity index is 709. The van der Waals surface area contributed by atoms with E-state index in [1.807, 2.05) is 0 Å². The van der Waals surface area contributed by atoms with Gasteiger partial charge in [0.05, 0.1) is 17.9 Å². The Morgan fingerprint density at radius 3 is 1.96 bits per heavy atom. The van der Waals surface area contributed by atoms with E-state index in [-0.39, 0.29) is 16.8 Å². The van der Waals surface area contributed by atoms with Crippen molar-refractivity contribution in [3.05, 3.63) is 53.2 Å². The van der Waals surface area contributed by atoms with E-state index in [0.717, 1.165) is 30.3 Å². The second-order valence-electron chi connectivity index (χ2n) is 4.94. The fourth-order valence-corrected chi connectivity index (χ4v) is 1.97. The van der Waals surface area contributed by atoms with Gasteiger partial charge in [0, 0.05) is 5.56 Å². The molecule has 2 N–H and O–H groups in total. The Morgan fingerprint density at radius 2 is 1.50 bits per heavy atom. The Labute approximate surface area is 132 Å². The van der Waals surface area contributed by atoms with Crippen LogP contribution in [0.25, 0.3) is 11.3 Å². The van der Waals surface area contributed by atoms with Crippen LogP contribution in [0.1, 0.15) is 22.9 Å². The number of alkyl halides is 6. The molecule has 0 saturated carbocycles. The summed E-state index contributed by atoms with van der Waals surface area (Å²) in [7, 11) is 0. The molecule has 2 aromatic rings. The van der Waals surface area contributed by atoms with Gasteiger partial charge in [-0.05, 0) is 29.8 Å². The summed E-state index contributed by atoms with van der Waals surface area (Å²) in [5.41, 5.74) is -2.76. The monoisotopic (exact) mass is 351 g/mol. The van der Waals surface area contributed by atoms with Crippen LogP contribution >= 0.6 is 0 Å². The van der Waals surface area contributed by atoms with E-state index < -0.39 is 36.3 Å². The van der Waals surface area contributed by atoms with E-state index >= 15 is 0 Å². The third kappa shape index (κ3) is 4.04. The predicted molar refractivity (Wildman–Crippen MR) is 71.7 cm³/mol. The van der Waals surface area contributed by atoms with Crippen molar-refractivity contribution in [1.82, 2.24) is 4.98 Å². The molecule has 0 aliphatic rings. The van der Waals surface area contributed by atoms with Crippen LogP contribution in [0.3, 0.4) is 0 Å². The zero-order chi connectivity index (χ0) is 18.1. The van der Waals surface area contributed by atoms with Gasteiger partial charge >= 0.3 is 12.4 Å². The van der Waals surface area contributed by atoms with Crippen LogP contribution in [0.5, 0.6) is 0 Å². The van der Waals surface area contributed by atoms with Gasteiger partial charge in [-0.25, -0.2) is 4.98 Å². The molecule has 0 amide bonds. The van der Waals surface area contributed by atoms with Crippen molar-refractivity contribution in [3.63, 3.8) is 0 Å². The van der Waals surface area contributed by atoms with Crippen molar-refractivity contribution in [1.29, 1.82) is 0 Å². The number of aromatic nitrogens is 1. The average molecular weight is 351 g/mol. The topological polar surface area (TPSA) is 53.4 Å². The first-order valence-electron chi connectivity index (χ1n) is 6.58. The molecule has 0 fully saturated rings. The van der Waals surface area contributed by atoms with E-state index in [9.17, 15) is 31.4 Å². The predicted octanol–water partition coefficient (Wildman–Crippen LogP) is 3.81. The molecule has 130 valence electrons. The number of hydrogen-bond donors (Lipinski definition) is 2. The second kappa shape index (κ2) is 6.40. The van der Waals surface area contributed by atoms with Gasteiger partial charge in [-0.15, -0.1) is 0 Å². The third-order valence-electron chi connectivity index (χ3n) is 3.20. The Morgan fingerprint density at radius 1 is 0.917 bits per heavy atom. The van der Waals surface area contributed by atoms with Gasteiger partial charge in [-0.3, -0.25) is 0 Å². The Hall–Kier alpha value is -2.13. The number of nitrogens with zero attached hydrogens (tertiary/aromatic N) is 1. The molecule has 0 bridgehead atoms. The summed E-state index contributed by atoms with van der Waals surface area (Å²) in [6.45, 7) is -0.812. The van der Waals surface area contributed by atoms with Crippen molar-refractivity contribution in [2.45, 2.75) is 18.5 Å². The molecule has 2 rings (SSSR count). The van der Waals surface area contributed by atoms with Gasteiger partial charge in [0.15, 0.2) is 0 Å². The molecule has 0 saturated heterocycles. The molecule has 9 heteroatoms. The number of aliphatic hydroxyl groups excluding tert-OH is 2. The summed E-state index contributed by atoms with van der Waals surface area (Å²) in [6, 6.07) is 5.08. The number of rotatable bonds is 3. The number of hydrogen-bond acceptors (Lipinski definition) is 3. The van der Waals surface area contributed by atoms with Gasteiger partial charge in [0.2, 0.25) is 0 Å². The molecule has 24 heavy (non-hydrogen) atoms. The highest BCUT2D eigenvalue weighted by molar-refractivity contribution is 5.61. The fourth-order valence-electron chi connectivity index (χ4n) is 1.97. The van der Waals surface area contributed by atoms with Crippen molar-refractivity contribution in [3.8, 4) is 11.3 Å². The molecular weight excluding hydrogens is 340 g/mol. The highest BCUT2D eigenvalue weighted by atomic mass is 19.4. The van der Waals surface area contributed by atoms with Crippen LogP contribution in [0, 0.1) is 0 Å². The van der Waals surface area contributed by atoms with Crippen LogP contribution in [0.15, 0.2) is 36.4 Å². The van der Waals surface area contributed by atoms with Crippen LogP contribution in [0.4, 0.5) is 26.3 Å². The number of pyridine rings is 1. The molecule has 0 radical (unpaired) electrons. The molecule has 0 spiro atoms. The first kappa shape index (κ1) is 18.2. The molecule has 0 aliphatic heterocycles. The number of benzene rings is 1. The highest BCUT2D eigenvalue weighted by Crippen LogP contribution is 2.34. The van der Waals surface area contributed by atoms with Gasteiger partial charge in [0.25, 0.3) is 0 Å². The Kier molecular flexibility index (Phi) is 4.86. The molecule has 1 heterocycles. The van der Waals surface area contributed by atoms with Crippen LogP contribution < -0.4 is 0 Å². The third-order valence-corrected chi connectivity index (χ3v) is 3.20. The lowest BCUT2D eigenvalue weighted by atomic mass is 10.0.